The van der Waals surface area contributed by atoms with Crippen LogP contribution in [0, 0.1) is 11.3 Å². The first-order chi connectivity index (χ1) is 8.62. The second kappa shape index (κ2) is 3.83. The highest BCUT2D eigenvalue weighted by Crippen LogP contribution is 2.70. The van der Waals surface area contributed by atoms with Crippen LogP contribution in [-0.2, 0) is 9.59 Å². The van der Waals surface area contributed by atoms with E-state index in [2.05, 4.69) is 5.32 Å². The molecule has 0 bridgehead atoms. The van der Waals surface area contributed by atoms with Crippen LogP contribution in [0.15, 0.2) is 30.3 Å². The SMILES string of the molecule is O=C(N[C@H](C(=O)O)c1ccccc1)C1CC12CC2. The van der Waals surface area contributed by atoms with E-state index in [1.165, 1.54) is 0 Å². The molecule has 94 valence electrons. The Morgan fingerprint density at radius 3 is 2.44 bits per heavy atom. The Balaban J connectivity index is 1.71. The van der Waals surface area contributed by atoms with Gasteiger partial charge in [-0.2, -0.15) is 0 Å². The zero-order chi connectivity index (χ0) is 12.8. The maximum absolute atomic E-state index is 12.0. The molecular weight excluding hydrogens is 230 g/mol. The van der Waals surface area contributed by atoms with Crippen LogP contribution in [0.2, 0.25) is 0 Å². The fourth-order valence-corrected chi connectivity index (χ4v) is 2.61. The number of carbonyl (C=O) groups is 2. The fourth-order valence-electron chi connectivity index (χ4n) is 2.61. The lowest BCUT2D eigenvalue weighted by atomic mass is 10.1. The minimum absolute atomic E-state index is 0.0445. The second-order valence-corrected chi connectivity index (χ2v) is 5.31. The van der Waals surface area contributed by atoms with Crippen LogP contribution >= 0.6 is 0 Å². The first kappa shape index (κ1) is 11.3. The number of carbonyl (C=O) groups excluding carboxylic acids is 1. The minimum atomic E-state index is -1.01. The average Bonchev–Trinajstić information content (AvgIpc) is 3.28. The Kier molecular flexibility index (Phi) is 2.40. The van der Waals surface area contributed by atoms with Gasteiger partial charge in [0.25, 0.3) is 0 Å². The molecule has 4 heteroatoms. The van der Waals surface area contributed by atoms with E-state index in [-0.39, 0.29) is 17.2 Å². The molecule has 2 aliphatic rings. The molecule has 2 N–H and O–H groups in total. The molecule has 2 saturated carbocycles. The summed E-state index contributed by atoms with van der Waals surface area (Å²) in [5, 5.41) is 11.9. The predicted octanol–water partition coefficient (Wildman–Crippen LogP) is 1.73. The molecular formula is C14H15NO3. The topological polar surface area (TPSA) is 66.4 Å². The highest BCUT2D eigenvalue weighted by Gasteiger charge is 2.65. The van der Waals surface area contributed by atoms with Crippen LogP contribution in [0.25, 0.3) is 0 Å². The number of aliphatic carboxylic acids is 1. The highest BCUT2D eigenvalue weighted by atomic mass is 16.4. The molecule has 4 nitrogen and oxygen atoms in total. The number of carboxylic acids is 1. The Bertz CT molecular complexity index is 493. The molecule has 0 saturated heterocycles. The zero-order valence-corrected chi connectivity index (χ0v) is 9.93. The third-order valence-electron chi connectivity index (χ3n) is 4.06. The molecule has 1 aromatic carbocycles. The van der Waals surface area contributed by atoms with Gasteiger partial charge in [-0.3, -0.25) is 4.79 Å². The van der Waals surface area contributed by atoms with Crippen molar-refractivity contribution in [2.45, 2.75) is 25.3 Å². The maximum atomic E-state index is 12.0. The number of rotatable bonds is 4. The molecule has 1 amide bonds. The highest BCUT2D eigenvalue weighted by molar-refractivity contribution is 5.88. The van der Waals surface area contributed by atoms with E-state index in [9.17, 15) is 14.7 Å². The molecule has 2 fully saturated rings. The van der Waals surface area contributed by atoms with Gasteiger partial charge in [0.1, 0.15) is 0 Å². The van der Waals surface area contributed by atoms with E-state index in [4.69, 9.17) is 0 Å². The molecule has 0 heterocycles. The molecule has 0 aliphatic heterocycles. The van der Waals surface area contributed by atoms with Gasteiger partial charge < -0.3 is 10.4 Å². The average molecular weight is 245 g/mol. The van der Waals surface area contributed by atoms with Crippen molar-refractivity contribution < 1.29 is 14.7 Å². The normalized spacial score (nSPS) is 24.3. The van der Waals surface area contributed by atoms with E-state index >= 15 is 0 Å². The quantitative estimate of drug-likeness (QED) is 0.849. The van der Waals surface area contributed by atoms with Crippen molar-refractivity contribution >= 4 is 11.9 Å². The van der Waals surface area contributed by atoms with E-state index in [0.717, 1.165) is 19.3 Å². The maximum Gasteiger partial charge on any atom is 0.330 e. The van der Waals surface area contributed by atoms with Crippen molar-refractivity contribution in [1.29, 1.82) is 0 Å². The van der Waals surface area contributed by atoms with Crippen LogP contribution < -0.4 is 5.32 Å². The molecule has 3 rings (SSSR count). The Morgan fingerprint density at radius 1 is 1.28 bits per heavy atom. The summed E-state index contributed by atoms with van der Waals surface area (Å²) in [5.41, 5.74) is 0.868. The van der Waals surface area contributed by atoms with Gasteiger partial charge in [0.05, 0.1) is 0 Å². The summed E-state index contributed by atoms with van der Waals surface area (Å²) >= 11 is 0. The van der Waals surface area contributed by atoms with Gasteiger partial charge in [-0.05, 0) is 30.2 Å². The molecule has 2 aliphatic carbocycles. The lowest BCUT2D eigenvalue weighted by Gasteiger charge is -2.14. The minimum Gasteiger partial charge on any atom is -0.479 e. The lowest BCUT2D eigenvalue weighted by molar-refractivity contribution is -0.142. The summed E-state index contributed by atoms with van der Waals surface area (Å²) in [6.45, 7) is 0. The largest absolute Gasteiger partial charge is 0.479 e. The van der Waals surface area contributed by atoms with E-state index in [1.54, 1.807) is 24.3 Å². The molecule has 2 atom stereocenters. The van der Waals surface area contributed by atoms with Crippen molar-refractivity contribution in [3.63, 3.8) is 0 Å². The van der Waals surface area contributed by atoms with Crippen molar-refractivity contribution in [3.05, 3.63) is 35.9 Å². The van der Waals surface area contributed by atoms with Gasteiger partial charge in [-0.25, -0.2) is 4.79 Å². The molecule has 1 aromatic rings. The Hall–Kier alpha value is -1.84. The lowest BCUT2D eigenvalue weighted by Crippen LogP contribution is -2.35. The number of hydrogen-bond acceptors (Lipinski definition) is 2. The summed E-state index contributed by atoms with van der Waals surface area (Å²) in [4.78, 5) is 23.2. The van der Waals surface area contributed by atoms with E-state index in [1.807, 2.05) is 6.07 Å². The van der Waals surface area contributed by atoms with Crippen LogP contribution in [0.5, 0.6) is 0 Å². The number of hydrogen-bond donors (Lipinski definition) is 2. The number of benzene rings is 1. The van der Waals surface area contributed by atoms with Crippen molar-refractivity contribution in [1.82, 2.24) is 5.32 Å². The van der Waals surface area contributed by atoms with Gasteiger partial charge in [0, 0.05) is 5.92 Å². The van der Waals surface area contributed by atoms with Crippen LogP contribution in [0.4, 0.5) is 0 Å². The van der Waals surface area contributed by atoms with Gasteiger partial charge >= 0.3 is 5.97 Å². The molecule has 18 heavy (non-hydrogen) atoms. The van der Waals surface area contributed by atoms with Crippen LogP contribution in [-0.4, -0.2) is 17.0 Å². The Morgan fingerprint density at radius 2 is 1.94 bits per heavy atom. The van der Waals surface area contributed by atoms with Crippen molar-refractivity contribution in [3.8, 4) is 0 Å². The van der Waals surface area contributed by atoms with Crippen molar-refractivity contribution in [2.24, 2.45) is 11.3 Å². The fraction of sp³-hybridized carbons (Fsp3) is 0.429. The summed E-state index contributed by atoms with van der Waals surface area (Å²) < 4.78 is 0. The predicted molar refractivity (Wildman–Crippen MR) is 64.7 cm³/mol. The summed E-state index contributed by atoms with van der Waals surface area (Å²) in [6, 6.07) is 7.88. The molecule has 0 aromatic heterocycles. The van der Waals surface area contributed by atoms with Crippen molar-refractivity contribution in [2.75, 3.05) is 0 Å². The molecule has 1 spiro atoms. The molecule has 1 unspecified atom stereocenters. The van der Waals surface area contributed by atoms with Crippen LogP contribution in [0.3, 0.4) is 0 Å². The third kappa shape index (κ3) is 1.88. The monoisotopic (exact) mass is 245 g/mol. The van der Waals surface area contributed by atoms with Gasteiger partial charge in [-0.1, -0.05) is 30.3 Å². The third-order valence-corrected chi connectivity index (χ3v) is 4.06. The molecule has 0 radical (unpaired) electrons. The standard InChI is InChI=1S/C14H15NO3/c16-12(10-8-14(10)6-7-14)15-11(13(17)18)9-4-2-1-3-5-9/h1-5,10-11H,6-8H2,(H,15,16)(H,17,18)/t10?,11-/m0/s1. The Labute approximate surface area is 105 Å². The zero-order valence-electron chi connectivity index (χ0n) is 9.93. The summed E-state index contributed by atoms with van der Waals surface area (Å²) in [5.74, 6) is -1.08. The number of nitrogens with one attached hydrogen (secondary N) is 1. The van der Waals surface area contributed by atoms with Gasteiger partial charge in [-0.15, -0.1) is 0 Å². The van der Waals surface area contributed by atoms with Gasteiger partial charge in [0.15, 0.2) is 6.04 Å². The number of amides is 1. The van der Waals surface area contributed by atoms with E-state index in [0.29, 0.717) is 5.56 Å². The first-order valence-electron chi connectivity index (χ1n) is 6.20. The van der Waals surface area contributed by atoms with Gasteiger partial charge in [0.2, 0.25) is 5.91 Å². The number of carboxylic acid groups (broad SMARTS) is 1. The van der Waals surface area contributed by atoms with Crippen LogP contribution in [0.1, 0.15) is 30.9 Å². The summed E-state index contributed by atoms with van der Waals surface area (Å²) in [6.07, 6.45) is 3.17. The summed E-state index contributed by atoms with van der Waals surface area (Å²) in [7, 11) is 0. The second-order valence-electron chi connectivity index (χ2n) is 5.31. The van der Waals surface area contributed by atoms with E-state index < -0.39 is 12.0 Å². The smallest absolute Gasteiger partial charge is 0.330 e. The first-order valence-corrected chi connectivity index (χ1v) is 6.20.